The Hall–Kier alpha value is -2.08. The van der Waals surface area contributed by atoms with Crippen molar-refractivity contribution in [2.45, 2.75) is 25.7 Å². The first-order valence-electron chi connectivity index (χ1n) is 7.40. The van der Waals surface area contributed by atoms with Crippen LogP contribution in [-0.4, -0.2) is 0 Å². The van der Waals surface area contributed by atoms with Gasteiger partial charge in [-0.3, -0.25) is 0 Å². The summed E-state index contributed by atoms with van der Waals surface area (Å²) in [6.45, 7) is 0. The third-order valence-electron chi connectivity index (χ3n) is 3.77. The zero-order valence-corrected chi connectivity index (χ0v) is 11.8. The van der Waals surface area contributed by atoms with Gasteiger partial charge in [-0.15, -0.1) is 0 Å². The molecule has 4 aliphatic rings. The van der Waals surface area contributed by atoms with Crippen LogP contribution in [0.15, 0.2) is 95.2 Å². The molecule has 0 bridgehead atoms. The van der Waals surface area contributed by atoms with Gasteiger partial charge in [0.25, 0.3) is 0 Å². The SMILES string of the molecule is C1=CC2=C(C=CC1)CC=C2.C1=CC2=CCC=C2C=CC1. The fourth-order valence-electron chi connectivity index (χ4n) is 2.69. The fraction of sp³-hybridized carbons (Fsp3) is 0.200. The van der Waals surface area contributed by atoms with Gasteiger partial charge >= 0.3 is 0 Å². The molecule has 4 rings (SSSR count). The van der Waals surface area contributed by atoms with E-state index in [1.807, 2.05) is 0 Å². The molecule has 0 aliphatic heterocycles. The van der Waals surface area contributed by atoms with Crippen molar-refractivity contribution >= 4 is 0 Å². The Labute approximate surface area is 121 Å². The lowest BCUT2D eigenvalue weighted by Gasteiger charge is -1.92. The van der Waals surface area contributed by atoms with E-state index in [0.29, 0.717) is 0 Å². The van der Waals surface area contributed by atoms with Crippen LogP contribution in [0.25, 0.3) is 0 Å². The summed E-state index contributed by atoms with van der Waals surface area (Å²) in [4.78, 5) is 0. The summed E-state index contributed by atoms with van der Waals surface area (Å²) in [6, 6.07) is 0. The molecule has 0 nitrogen and oxygen atoms in total. The first-order valence-corrected chi connectivity index (χ1v) is 7.40. The summed E-state index contributed by atoms with van der Waals surface area (Å²) in [5, 5.41) is 0. The van der Waals surface area contributed by atoms with Crippen LogP contribution in [0.4, 0.5) is 0 Å². The second-order valence-electron chi connectivity index (χ2n) is 5.22. The van der Waals surface area contributed by atoms with Gasteiger partial charge in [-0.05, 0) is 48.0 Å². The molecule has 0 saturated heterocycles. The van der Waals surface area contributed by atoms with Crippen molar-refractivity contribution in [1.29, 1.82) is 0 Å². The topological polar surface area (TPSA) is 0 Å². The molecule has 0 atom stereocenters. The van der Waals surface area contributed by atoms with Crippen molar-refractivity contribution in [2.24, 2.45) is 0 Å². The van der Waals surface area contributed by atoms with Gasteiger partial charge in [0.15, 0.2) is 0 Å². The van der Waals surface area contributed by atoms with Crippen LogP contribution in [0.3, 0.4) is 0 Å². The van der Waals surface area contributed by atoms with Gasteiger partial charge < -0.3 is 0 Å². The van der Waals surface area contributed by atoms with Crippen LogP contribution in [0.1, 0.15) is 25.7 Å². The van der Waals surface area contributed by atoms with Gasteiger partial charge in [0.05, 0.1) is 0 Å². The zero-order chi connectivity index (χ0) is 13.6. The fourth-order valence-corrected chi connectivity index (χ4v) is 2.69. The van der Waals surface area contributed by atoms with Gasteiger partial charge in [-0.25, -0.2) is 0 Å². The molecule has 0 aromatic rings. The van der Waals surface area contributed by atoms with Crippen molar-refractivity contribution in [3.8, 4) is 0 Å². The molecule has 0 heterocycles. The van der Waals surface area contributed by atoms with Gasteiger partial charge in [0.2, 0.25) is 0 Å². The molecule has 20 heavy (non-hydrogen) atoms. The van der Waals surface area contributed by atoms with Gasteiger partial charge in [0.1, 0.15) is 0 Å². The predicted octanol–water partition coefficient (Wildman–Crippen LogP) is 5.52. The largest absolute Gasteiger partial charge is 0.0804 e. The van der Waals surface area contributed by atoms with Crippen LogP contribution in [0, 0.1) is 0 Å². The summed E-state index contributed by atoms with van der Waals surface area (Å²) < 4.78 is 0. The lowest BCUT2D eigenvalue weighted by atomic mass is 10.1. The molecule has 0 heteroatoms. The summed E-state index contributed by atoms with van der Waals surface area (Å²) in [5.74, 6) is 0. The smallest absolute Gasteiger partial charge is 0.00883 e. The maximum atomic E-state index is 2.27. The third-order valence-corrected chi connectivity index (χ3v) is 3.77. The summed E-state index contributed by atoms with van der Waals surface area (Å²) in [7, 11) is 0. The van der Waals surface area contributed by atoms with E-state index in [1.54, 1.807) is 0 Å². The standard InChI is InChI=1S/2C10H10/c2*1-2-5-9-7-4-8-10(9)6-3-1/h2-3,5-8H,1,4H2;2-7H,1,8H2. The number of allylic oxidation sites excluding steroid dienone is 16. The van der Waals surface area contributed by atoms with E-state index in [2.05, 4.69) is 72.9 Å². The van der Waals surface area contributed by atoms with E-state index in [0.717, 1.165) is 25.7 Å². The highest BCUT2D eigenvalue weighted by molar-refractivity contribution is 5.51. The lowest BCUT2D eigenvalue weighted by Crippen LogP contribution is -1.73. The first-order chi connectivity index (χ1) is 9.93. The molecule has 0 aromatic heterocycles. The molecule has 0 radical (unpaired) electrons. The lowest BCUT2D eigenvalue weighted by molar-refractivity contribution is 1.31. The van der Waals surface area contributed by atoms with Crippen LogP contribution < -0.4 is 0 Å². The minimum absolute atomic E-state index is 1.08. The minimum Gasteiger partial charge on any atom is -0.0804 e. The average molecular weight is 260 g/mol. The number of hydrogen-bond acceptors (Lipinski definition) is 0. The minimum atomic E-state index is 1.08. The molecule has 0 saturated carbocycles. The monoisotopic (exact) mass is 260 g/mol. The Kier molecular flexibility index (Phi) is 4.13. The van der Waals surface area contributed by atoms with E-state index in [-0.39, 0.29) is 0 Å². The maximum Gasteiger partial charge on any atom is -0.00883 e. The maximum absolute atomic E-state index is 2.27. The number of hydrogen-bond donors (Lipinski definition) is 0. The van der Waals surface area contributed by atoms with E-state index in [9.17, 15) is 0 Å². The third kappa shape index (κ3) is 3.08. The molecule has 4 aliphatic carbocycles. The summed E-state index contributed by atoms with van der Waals surface area (Å²) in [6.07, 6.45) is 31.0. The number of rotatable bonds is 0. The molecule has 0 fully saturated rings. The summed E-state index contributed by atoms with van der Waals surface area (Å²) in [5.41, 5.74) is 5.66. The van der Waals surface area contributed by atoms with Crippen molar-refractivity contribution in [2.75, 3.05) is 0 Å². The van der Waals surface area contributed by atoms with E-state index >= 15 is 0 Å². The Morgan fingerprint density at radius 2 is 1.15 bits per heavy atom. The van der Waals surface area contributed by atoms with Crippen LogP contribution in [0.5, 0.6) is 0 Å². The Bertz CT molecular complexity index is 584. The van der Waals surface area contributed by atoms with Gasteiger partial charge in [-0.2, -0.15) is 0 Å². The predicted molar refractivity (Wildman–Crippen MR) is 87.4 cm³/mol. The van der Waals surface area contributed by atoms with Crippen LogP contribution in [0.2, 0.25) is 0 Å². The van der Waals surface area contributed by atoms with Crippen molar-refractivity contribution in [3.05, 3.63) is 95.2 Å². The Morgan fingerprint density at radius 1 is 0.550 bits per heavy atom. The summed E-state index contributed by atoms with van der Waals surface area (Å²) >= 11 is 0. The molecule has 0 spiro atoms. The van der Waals surface area contributed by atoms with Crippen LogP contribution in [-0.2, 0) is 0 Å². The van der Waals surface area contributed by atoms with Crippen LogP contribution >= 0.6 is 0 Å². The Balaban J connectivity index is 0.000000121. The van der Waals surface area contributed by atoms with Crippen molar-refractivity contribution < 1.29 is 0 Å². The highest BCUT2D eigenvalue weighted by Crippen LogP contribution is 2.24. The van der Waals surface area contributed by atoms with E-state index in [4.69, 9.17) is 0 Å². The molecule has 0 aromatic carbocycles. The first kappa shape index (κ1) is 12.9. The average Bonchev–Trinajstić information content (AvgIpc) is 2.98. The molecule has 0 amide bonds. The Morgan fingerprint density at radius 3 is 1.90 bits per heavy atom. The highest BCUT2D eigenvalue weighted by Gasteiger charge is 2.04. The van der Waals surface area contributed by atoms with E-state index < -0.39 is 0 Å². The molecular weight excluding hydrogens is 240 g/mol. The number of fused-ring (bicyclic) bond motifs is 1. The van der Waals surface area contributed by atoms with Gasteiger partial charge in [-0.1, -0.05) is 72.9 Å². The normalized spacial score (nSPS) is 21.6. The second-order valence-corrected chi connectivity index (χ2v) is 5.22. The quantitative estimate of drug-likeness (QED) is 0.538. The van der Waals surface area contributed by atoms with Crippen molar-refractivity contribution in [3.63, 3.8) is 0 Å². The van der Waals surface area contributed by atoms with Gasteiger partial charge in [0, 0.05) is 0 Å². The molecule has 0 unspecified atom stereocenters. The zero-order valence-electron chi connectivity index (χ0n) is 11.8. The molecule has 100 valence electrons. The highest BCUT2D eigenvalue weighted by atomic mass is 14.1. The molecular formula is C20H20. The van der Waals surface area contributed by atoms with E-state index in [1.165, 1.54) is 22.3 Å². The second kappa shape index (κ2) is 6.38. The molecule has 0 N–H and O–H groups in total. The van der Waals surface area contributed by atoms with Crippen molar-refractivity contribution in [1.82, 2.24) is 0 Å².